The molecule has 0 aliphatic heterocycles. The van der Waals surface area contributed by atoms with Gasteiger partial charge < -0.3 is 9.84 Å². The SMILES string of the molecule is C=CC1=CCC2C(=O)C(C)=CC(=O)C2(Br)C1c1cc(OC(F)(F)F)ccc1O. The van der Waals surface area contributed by atoms with E-state index < -0.39 is 34.1 Å². The van der Waals surface area contributed by atoms with Crippen molar-refractivity contribution in [3.05, 3.63) is 59.7 Å². The number of halogens is 4. The summed E-state index contributed by atoms with van der Waals surface area (Å²) >= 11 is 3.43. The molecule has 0 aromatic heterocycles. The summed E-state index contributed by atoms with van der Waals surface area (Å²) in [6.45, 7) is 5.25. The van der Waals surface area contributed by atoms with E-state index >= 15 is 0 Å². The minimum atomic E-state index is -4.91. The summed E-state index contributed by atoms with van der Waals surface area (Å²) in [6.07, 6.45) is -0.257. The Bertz CT molecular complexity index is 932. The molecule has 1 N–H and O–H groups in total. The van der Waals surface area contributed by atoms with Gasteiger partial charge in [0.05, 0.1) is 0 Å². The molecule has 1 aromatic rings. The van der Waals surface area contributed by atoms with Crippen molar-refractivity contribution in [2.45, 2.75) is 29.9 Å². The predicted octanol–water partition coefficient (Wildman–Crippen LogP) is 4.74. The first-order valence-electron chi connectivity index (χ1n) is 8.36. The fraction of sp³-hybridized carbons (Fsp3) is 0.300. The first kappa shape index (κ1) is 20.4. The third-order valence-corrected chi connectivity index (χ3v) is 6.46. The van der Waals surface area contributed by atoms with Crippen molar-refractivity contribution in [1.29, 1.82) is 0 Å². The van der Waals surface area contributed by atoms with Crippen LogP contribution in [0.15, 0.2) is 54.2 Å². The molecule has 8 heteroatoms. The Hall–Kier alpha value is -2.35. The van der Waals surface area contributed by atoms with Crippen LogP contribution in [0.2, 0.25) is 0 Å². The molecule has 4 nitrogen and oxygen atoms in total. The highest BCUT2D eigenvalue weighted by atomic mass is 79.9. The summed E-state index contributed by atoms with van der Waals surface area (Å²) in [4.78, 5) is 25.6. The van der Waals surface area contributed by atoms with Crippen molar-refractivity contribution >= 4 is 27.5 Å². The number of phenols is 1. The van der Waals surface area contributed by atoms with Gasteiger partial charge in [-0.1, -0.05) is 34.7 Å². The summed E-state index contributed by atoms with van der Waals surface area (Å²) < 4.78 is 40.4. The largest absolute Gasteiger partial charge is 0.573 e. The van der Waals surface area contributed by atoms with E-state index in [-0.39, 0.29) is 23.5 Å². The minimum absolute atomic E-state index is 0.0311. The van der Waals surface area contributed by atoms with Gasteiger partial charge in [-0.25, -0.2) is 0 Å². The Balaban J connectivity index is 2.20. The molecule has 3 unspecified atom stereocenters. The van der Waals surface area contributed by atoms with Gasteiger partial charge >= 0.3 is 6.36 Å². The van der Waals surface area contributed by atoms with Crippen LogP contribution in [-0.2, 0) is 9.59 Å². The summed E-state index contributed by atoms with van der Waals surface area (Å²) in [6, 6.07) is 3.06. The second kappa shape index (κ2) is 6.92. The Labute approximate surface area is 167 Å². The van der Waals surface area contributed by atoms with E-state index in [4.69, 9.17) is 0 Å². The van der Waals surface area contributed by atoms with Crippen LogP contribution in [0.1, 0.15) is 24.8 Å². The fourth-order valence-electron chi connectivity index (χ4n) is 3.82. The smallest absolute Gasteiger partial charge is 0.508 e. The highest BCUT2D eigenvalue weighted by Crippen LogP contribution is 2.55. The van der Waals surface area contributed by atoms with Gasteiger partial charge in [-0.3, -0.25) is 9.59 Å². The molecule has 2 aliphatic carbocycles. The quantitative estimate of drug-likeness (QED) is 0.667. The van der Waals surface area contributed by atoms with Crippen molar-refractivity contribution in [3.63, 3.8) is 0 Å². The zero-order chi connectivity index (χ0) is 20.9. The first-order valence-corrected chi connectivity index (χ1v) is 9.15. The maximum absolute atomic E-state index is 12.9. The van der Waals surface area contributed by atoms with Gasteiger partial charge in [0.1, 0.15) is 15.8 Å². The van der Waals surface area contributed by atoms with E-state index in [2.05, 4.69) is 27.2 Å². The average molecular weight is 457 g/mol. The molecule has 148 valence electrons. The van der Waals surface area contributed by atoms with Crippen molar-refractivity contribution in [2.75, 3.05) is 0 Å². The number of Topliss-reactive ketones (excluding diaryl/α,β-unsaturated/α-hetero) is 1. The van der Waals surface area contributed by atoms with Crippen molar-refractivity contribution in [3.8, 4) is 11.5 Å². The lowest BCUT2D eigenvalue weighted by atomic mass is 9.62. The number of ether oxygens (including phenoxy) is 1. The van der Waals surface area contributed by atoms with Crippen LogP contribution in [0, 0.1) is 5.92 Å². The van der Waals surface area contributed by atoms with Crippen molar-refractivity contribution in [2.24, 2.45) is 5.92 Å². The van der Waals surface area contributed by atoms with Gasteiger partial charge in [-0.05, 0) is 48.8 Å². The van der Waals surface area contributed by atoms with Crippen LogP contribution in [0.25, 0.3) is 0 Å². The monoisotopic (exact) mass is 456 g/mol. The second-order valence-corrected chi connectivity index (χ2v) is 8.03. The lowest BCUT2D eigenvalue weighted by molar-refractivity contribution is -0.274. The van der Waals surface area contributed by atoms with Gasteiger partial charge in [0.25, 0.3) is 0 Å². The molecule has 0 spiro atoms. The molecule has 0 heterocycles. The number of aromatic hydroxyl groups is 1. The Morgan fingerprint density at radius 2 is 2.04 bits per heavy atom. The van der Waals surface area contributed by atoms with Gasteiger partial charge in [-0.15, -0.1) is 13.2 Å². The van der Waals surface area contributed by atoms with Crippen LogP contribution in [0.5, 0.6) is 11.5 Å². The van der Waals surface area contributed by atoms with Crippen LogP contribution in [-0.4, -0.2) is 27.4 Å². The van der Waals surface area contributed by atoms with E-state index in [1.165, 1.54) is 12.2 Å². The number of carbonyl (C=O) groups excluding carboxylic acids is 2. The van der Waals surface area contributed by atoms with E-state index in [0.29, 0.717) is 11.1 Å². The number of rotatable bonds is 3. The lowest BCUT2D eigenvalue weighted by Gasteiger charge is -2.45. The van der Waals surface area contributed by atoms with Gasteiger partial charge in [0, 0.05) is 17.4 Å². The molecular formula is C20H16BrF3O4. The van der Waals surface area contributed by atoms with Gasteiger partial charge in [0.2, 0.25) is 0 Å². The van der Waals surface area contributed by atoms with Crippen molar-refractivity contribution < 1.29 is 32.6 Å². The number of hydrogen-bond acceptors (Lipinski definition) is 4. The number of benzene rings is 1. The maximum atomic E-state index is 12.9. The molecule has 0 fully saturated rings. The third kappa shape index (κ3) is 3.30. The standard InChI is InChI=1S/C20H16BrF3O4/c1-3-11-4-6-14-18(27)10(2)8-16(26)19(14,21)17(11)13-9-12(5-7-15(13)25)28-20(22,23)24/h3-5,7-9,14,17,25H,1,6H2,2H3. The number of phenolic OH excluding ortho intramolecular Hbond substituents is 1. The molecule has 28 heavy (non-hydrogen) atoms. The number of fused-ring (bicyclic) bond motifs is 1. The minimum Gasteiger partial charge on any atom is -0.508 e. The highest BCUT2D eigenvalue weighted by Gasteiger charge is 2.57. The lowest BCUT2D eigenvalue weighted by Crippen LogP contribution is -2.52. The molecule has 0 saturated carbocycles. The number of carbonyl (C=O) groups is 2. The van der Waals surface area contributed by atoms with E-state index in [9.17, 15) is 27.9 Å². The number of alkyl halides is 4. The molecule has 3 rings (SSSR count). The third-order valence-electron chi connectivity index (χ3n) is 5.06. The van der Waals surface area contributed by atoms with E-state index in [1.807, 2.05) is 0 Å². The predicted molar refractivity (Wildman–Crippen MR) is 99.3 cm³/mol. The van der Waals surface area contributed by atoms with Gasteiger partial charge in [-0.2, -0.15) is 0 Å². The van der Waals surface area contributed by atoms with E-state index in [1.54, 1.807) is 13.0 Å². The molecule has 0 radical (unpaired) electrons. The molecule has 0 saturated heterocycles. The number of hydrogen-bond donors (Lipinski definition) is 1. The summed E-state index contributed by atoms with van der Waals surface area (Å²) in [5, 5.41) is 10.4. The summed E-state index contributed by atoms with van der Waals surface area (Å²) in [5.41, 5.74) is 0.864. The van der Waals surface area contributed by atoms with Crippen LogP contribution < -0.4 is 4.74 Å². The summed E-state index contributed by atoms with van der Waals surface area (Å²) in [5.74, 6) is -3.18. The van der Waals surface area contributed by atoms with Crippen molar-refractivity contribution in [1.82, 2.24) is 0 Å². The second-order valence-electron chi connectivity index (χ2n) is 6.72. The van der Waals surface area contributed by atoms with Crippen LogP contribution in [0.4, 0.5) is 13.2 Å². The van der Waals surface area contributed by atoms with Crippen LogP contribution >= 0.6 is 15.9 Å². The number of ketones is 2. The topological polar surface area (TPSA) is 63.6 Å². The molecule has 2 aliphatic rings. The molecule has 0 bridgehead atoms. The van der Waals surface area contributed by atoms with E-state index in [0.717, 1.165) is 18.2 Å². The Morgan fingerprint density at radius 3 is 2.64 bits per heavy atom. The van der Waals surface area contributed by atoms with Gasteiger partial charge in [0.15, 0.2) is 11.6 Å². The summed E-state index contributed by atoms with van der Waals surface area (Å²) in [7, 11) is 0. The fourth-order valence-corrected chi connectivity index (χ4v) is 4.84. The first-order chi connectivity index (χ1) is 13.0. The average Bonchev–Trinajstić information content (AvgIpc) is 2.60. The Morgan fingerprint density at radius 1 is 1.36 bits per heavy atom. The highest BCUT2D eigenvalue weighted by molar-refractivity contribution is 9.10. The number of allylic oxidation sites excluding steroid dienone is 5. The maximum Gasteiger partial charge on any atom is 0.573 e. The Kier molecular flexibility index (Phi) is 5.04. The molecule has 3 atom stereocenters. The van der Waals surface area contributed by atoms with Crippen LogP contribution in [0.3, 0.4) is 0 Å². The normalized spacial score (nSPS) is 27.6. The molecule has 0 amide bonds. The zero-order valence-electron chi connectivity index (χ0n) is 14.7. The zero-order valence-corrected chi connectivity index (χ0v) is 16.3. The molecular weight excluding hydrogens is 441 g/mol. The molecule has 1 aromatic carbocycles.